The third-order valence-electron chi connectivity index (χ3n) is 3.36. The standard InChI is InChI=1S/C19H22N2O3S/c1-3-24-16-8-6-15(7-9-16)19(23)21-20-18(22)12-13-25-17-10-4-14(2)5-11-17/h4-11H,3,12-13H2,1-2H3,(H,20,22)(H,21,23). The number of rotatable bonds is 7. The van der Waals surface area contributed by atoms with Gasteiger partial charge in [0.25, 0.3) is 5.91 Å². The van der Waals surface area contributed by atoms with Crippen molar-refractivity contribution in [3.8, 4) is 5.75 Å². The molecule has 25 heavy (non-hydrogen) atoms. The van der Waals surface area contributed by atoms with Crippen molar-refractivity contribution in [2.24, 2.45) is 0 Å². The molecule has 132 valence electrons. The first-order chi connectivity index (χ1) is 12.1. The molecule has 6 heteroatoms. The zero-order valence-electron chi connectivity index (χ0n) is 14.4. The van der Waals surface area contributed by atoms with E-state index >= 15 is 0 Å². The second-order valence-corrected chi connectivity index (χ2v) is 6.54. The molecule has 2 rings (SSSR count). The van der Waals surface area contributed by atoms with Crippen LogP contribution in [0.15, 0.2) is 53.4 Å². The number of ether oxygens (including phenoxy) is 1. The highest BCUT2D eigenvalue weighted by molar-refractivity contribution is 7.99. The highest BCUT2D eigenvalue weighted by atomic mass is 32.2. The van der Waals surface area contributed by atoms with Crippen LogP contribution >= 0.6 is 11.8 Å². The number of thioether (sulfide) groups is 1. The maximum absolute atomic E-state index is 12.0. The fraction of sp³-hybridized carbons (Fsp3) is 0.263. The van der Waals surface area contributed by atoms with Crippen molar-refractivity contribution in [1.82, 2.24) is 10.9 Å². The molecule has 0 aliphatic heterocycles. The molecule has 2 N–H and O–H groups in total. The third kappa shape index (κ3) is 6.51. The van der Waals surface area contributed by atoms with Crippen LogP contribution in [-0.4, -0.2) is 24.2 Å². The van der Waals surface area contributed by atoms with E-state index in [1.807, 2.05) is 38.1 Å². The van der Waals surface area contributed by atoms with Crippen molar-refractivity contribution in [3.05, 3.63) is 59.7 Å². The molecule has 0 saturated heterocycles. The van der Waals surface area contributed by atoms with Gasteiger partial charge in [0, 0.05) is 22.6 Å². The quantitative estimate of drug-likeness (QED) is 0.588. The number of carbonyl (C=O) groups excluding carboxylic acids is 2. The smallest absolute Gasteiger partial charge is 0.269 e. The van der Waals surface area contributed by atoms with Crippen molar-refractivity contribution in [2.75, 3.05) is 12.4 Å². The summed E-state index contributed by atoms with van der Waals surface area (Å²) in [7, 11) is 0. The molecule has 0 radical (unpaired) electrons. The summed E-state index contributed by atoms with van der Waals surface area (Å²) < 4.78 is 5.32. The SMILES string of the molecule is CCOc1ccc(C(=O)NNC(=O)CCSc2ccc(C)cc2)cc1. The van der Waals surface area contributed by atoms with Gasteiger partial charge in [-0.25, -0.2) is 0 Å². The molecule has 2 amide bonds. The number of nitrogens with one attached hydrogen (secondary N) is 2. The van der Waals surface area contributed by atoms with Crippen LogP contribution in [0.3, 0.4) is 0 Å². The first-order valence-corrected chi connectivity index (χ1v) is 9.08. The van der Waals surface area contributed by atoms with Gasteiger partial charge in [-0.3, -0.25) is 20.4 Å². The van der Waals surface area contributed by atoms with E-state index in [9.17, 15) is 9.59 Å². The first kappa shape index (κ1) is 18.9. The first-order valence-electron chi connectivity index (χ1n) is 8.10. The maximum atomic E-state index is 12.0. The van der Waals surface area contributed by atoms with Gasteiger partial charge in [0.05, 0.1) is 6.61 Å². The van der Waals surface area contributed by atoms with Crippen LogP contribution in [0, 0.1) is 6.92 Å². The summed E-state index contributed by atoms with van der Waals surface area (Å²) >= 11 is 1.61. The topological polar surface area (TPSA) is 67.4 Å². The normalized spacial score (nSPS) is 10.2. The Bertz CT molecular complexity index is 700. The van der Waals surface area contributed by atoms with Gasteiger partial charge in [0.1, 0.15) is 5.75 Å². The fourth-order valence-corrected chi connectivity index (χ4v) is 2.88. The molecular formula is C19H22N2O3S. The molecular weight excluding hydrogens is 336 g/mol. The van der Waals surface area contributed by atoms with Crippen LogP contribution in [-0.2, 0) is 4.79 Å². The van der Waals surface area contributed by atoms with Gasteiger partial charge in [0.2, 0.25) is 5.91 Å². The molecule has 0 atom stereocenters. The van der Waals surface area contributed by atoms with Gasteiger partial charge in [-0.1, -0.05) is 17.7 Å². The molecule has 0 unspecified atom stereocenters. The molecule has 0 aromatic heterocycles. The minimum Gasteiger partial charge on any atom is -0.494 e. The Hall–Kier alpha value is -2.47. The summed E-state index contributed by atoms with van der Waals surface area (Å²) in [5, 5.41) is 0. The molecule has 0 aliphatic carbocycles. The Morgan fingerprint density at radius 3 is 2.32 bits per heavy atom. The van der Waals surface area contributed by atoms with Crippen LogP contribution in [0.4, 0.5) is 0 Å². The molecule has 0 fully saturated rings. The number of carbonyl (C=O) groups is 2. The Labute approximate surface area is 152 Å². The van der Waals surface area contributed by atoms with E-state index in [1.165, 1.54) is 5.56 Å². The number of hydrazine groups is 1. The minimum absolute atomic E-state index is 0.223. The van der Waals surface area contributed by atoms with Gasteiger partial charge in [-0.2, -0.15) is 0 Å². The van der Waals surface area contributed by atoms with E-state index in [2.05, 4.69) is 10.9 Å². The van der Waals surface area contributed by atoms with Crippen LogP contribution in [0.5, 0.6) is 5.75 Å². The molecule has 0 bridgehead atoms. The van der Waals surface area contributed by atoms with E-state index in [0.717, 1.165) is 4.90 Å². The highest BCUT2D eigenvalue weighted by Gasteiger charge is 2.08. The highest BCUT2D eigenvalue weighted by Crippen LogP contribution is 2.18. The summed E-state index contributed by atoms with van der Waals surface area (Å²) in [5.74, 6) is 0.770. The molecule has 2 aromatic rings. The molecule has 5 nitrogen and oxygen atoms in total. The zero-order chi connectivity index (χ0) is 18.1. The molecule has 0 saturated carbocycles. The van der Waals surface area contributed by atoms with Gasteiger partial charge in [0.15, 0.2) is 0 Å². The van der Waals surface area contributed by atoms with Crippen LogP contribution in [0.25, 0.3) is 0 Å². The second-order valence-electron chi connectivity index (χ2n) is 5.37. The summed E-state index contributed by atoms with van der Waals surface area (Å²) in [6.45, 7) is 4.50. The van der Waals surface area contributed by atoms with E-state index < -0.39 is 0 Å². The number of benzene rings is 2. The summed E-state index contributed by atoms with van der Waals surface area (Å²) in [4.78, 5) is 24.9. The molecule has 0 heterocycles. The van der Waals surface area contributed by atoms with Crippen molar-refractivity contribution in [1.29, 1.82) is 0 Å². The molecule has 0 aliphatic rings. The molecule has 0 spiro atoms. The Morgan fingerprint density at radius 1 is 1.00 bits per heavy atom. The lowest BCUT2D eigenvalue weighted by molar-refractivity contribution is -0.121. The predicted molar refractivity (Wildman–Crippen MR) is 99.7 cm³/mol. The van der Waals surface area contributed by atoms with Gasteiger partial charge in [-0.05, 0) is 50.2 Å². The average Bonchev–Trinajstić information content (AvgIpc) is 2.62. The lowest BCUT2D eigenvalue weighted by Crippen LogP contribution is -2.41. The van der Waals surface area contributed by atoms with Crippen molar-refractivity contribution in [2.45, 2.75) is 25.2 Å². The summed E-state index contributed by atoms with van der Waals surface area (Å²) in [5.41, 5.74) is 6.51. The fourth-order valence-electron chi connectivity index (χ4n) is 2.03. The van der Waals surface area contributed by atoms with Gasteiger partial charge < -0.3 is 4.74 Å². The predicted octanol–water partition coefficient (Wildman–Crippen LogP) is 3.34. The number of aryl methyl sites for hydroxylation is 1. The van der Waals surface area contributed by atoms with E-state index in [-0.39, 0.29) is 11.8 Å². The zero-order valence-corrected chi connectivity index (χ0v) is 15.2. The van der Waals surface area contributed by atoms with Crippen LogP contribution in [0.2, 0.25) is 0 Å². The van der Waals surface area contributed by atoms with Gasteiger partial charge >= 0.3 is 0 Å². The number of hydrogen-bond donors (Lipinski definition) is 2. The third-order valence-corrected chi connectivity index (χ3v) is 4.38. The maximum Gasteiger partial charge on any atom is 0.269 e. The average molecular weight is 358 g/mol. The van der Waals surface area contributed by atoms with E-state index in [4.69, 9.17) is 4.74 Å². The monoisotopic (exact) mass is 358 g/mol. The molecule has 2 aromatic carbocycles. The largest absolute Gasteiger partial charge is 0.494 e. The number of amides is 2. The lowest BCUT2D eigenvalue weighted by atomic mass is 10.2. The van der Waals surface area contributed by atoms with Crippen LogP contribution in [0.1, 0.15) is 29.3 Å². The Kier molecular flexibility index (Phi) is 7.35. The van der Waals surface area contributed by atoms with E-state index in [1.54, 1.807) is 36.0 Å². The lowest BCUT2D eigenvalue weighted by Gasteiger charge is -2.08. The summed E-state index contributed by atoms with van der Waals surface area (Å²) in [6.07, 6.45) is 0.322. The van der Waals surface area contributed by atoms with Crippen molar-refractivity contribution < 1.29 is 14.3 Å². The second kappa shape index (κ2) is 9.74. The van der Waals surface area contributed by atoms with Crippen molar-refractivity contribution in [3.63, 3.8) is 0 Å². The number of hydrogen-bond acceptors (Lipinski definition) is 4. The van der Waals surface area contributed by atoms with Crippen LogP contribution < -0.4 is 15.6 Å². The Morgan fingerprint density at radius 2 is 1.68 bits per heavy atom. The minimum atomic E-state index is -0.359. The summed E-state index contributed by atoms with van der Waals surface area (Å²) in [6, 6.07) is 14.9. The van der Waals surface area contributed by atoms with Crippen molar-refractivity contribution >= 4 is 23.6 Å². The van der Waals surface area contributed by atoms with Gasteiger partial charge in [-0.15, -0.1) is 11.8 Å². The van der Waals surface area contributed by atoms with E-state index in [0.29, 0.717) is 30.1 Å². The Balaban J connectivity index is 1.70.